The third-order valence-electron chi connectivity index (χ3n) is 2.93. The molecule has 0 saturated carbocycles. The smallest absolute Gasteiger partial charge is 0.339 e. The van der Waals surface area contributed by atoms with E-state index in [0.29, 0.717) is 5.56 Å². The number of aromatic nitrogens is 2. The van der Waals surface area contributed by atoms with Gasteiger partial charge in [0.25, 0.3) is 0 Å². The predicted octanol–water partition coefficient (Wildman–Crippen LogP) is 1.24. The van der Waals surface area contributed by atoms with Crippen LogP contribution in [0.2, 0.25) is 0 Å². The Morgan fingerprint density at radius 3 is 2.71 bits per heavy atom. The first-order valence-electron chi connectivity index (χ1n) is 6.14. The van der Waals surface area contributed by atoms with Gasteiger partial charge in [0, 0.05) is 17.8 Å². The van der Waals surface area contributed by atoms with Crippen LogP contribution in [0, 0.1) is 0 Å². The SMILES string of the molecule is COC(=O)c1ccccc1S(=O)(=O)NC(C)c1cn[nH]c1. The van der Waals surface area contributed by atoms with E-state index in [0.717, 1.165) is 0 Å². The highest BCUT2D eigenvalue weighted by Gasteiger charge is 2.24. The number of hydrogen-bond acceptors (Lipinski definition) is 5. The number of hydrogen-bond donors (Lipinski definition) is 2. The monoisotopic (exact) mass is 309 g/mol. The molecule has 1 unspecified atom stereocenters. The van der Waals surface area contributed by atoms with Gasteiger partial charge in [0.2, 0.25) is 10.0 Å². The lowest BCUT2D eigenvalue weighted by atomic mass is 10.2. The molecule has 2 rings (SSSR count). The zero-order chi connectivity index (χ0) is 15.5. The predicted molar refractivity (Wildman–Crippen MR) is 75.1 cm³/mol. The van der Waals surface area contributed by atoms with Gasteiger partial charge in [0.05, 0.1) is 23.8 Å². The summed E-state index contributed by atoms with van der Waals surface area (Å²) >= 11 is 0. The van der Waals surface area contributed by atoms with Crippen LogP contribution in [0.1, 0.15) is 28.9 Å². The van der Waals surface area contributed by atoms with Gasteiger partial charge >= 0.3 is 5.97 Å². The lowest BCUT2D eigenvalue weighted by Gasteiger charge is -2.14. The summed E-state index contributed by atoms with van der Waals surface area (Å²) in [7, 11) is -2.66. The van der Waals surface area contributed by atoms with E-state index < -0.39 is 22.0 Å². The standard InChI is InChI=1S/C13H15N3O4S/c1-9(10-7-14-15-8-10)16-21(18,19)12-6-4-3-5-11(12)13(17)20-2/h3-9,16H,1-2H3,(H,14,15). The molecular formula is C13H15N3O4S. The molecule has 0 fully saturated rings. The lowest BCUT2D eigenvalue weighted by molar-refractivity contribution is 0.0596. The molecule has 1 atom stereocenters. The molecule has 0 amide bonds. The summed E-state index contributed by atoms with van der Waals surface area (Å²) in [5, 5.41) is 6.39. The lowest BCUT2D eigenvalue weighted by Crippen LogP contribution is -2.28. The van der Waals surface area contributed by atoms with E-state index in [2.05, 4.69) is 19.7 Å². The van der Waals surface area contributed by atoms with E-state index in [9.17, 15) is 13.2 Å². The largest absolute Gasteiger partial charge is 0.465 e. The summed E-state index contributed by atoms with van der Waals surface area (Å²) in [5.41, 5.74) is 0.681. The molecule has 1 aromatic carbocycles. The minimum Gasteiger partial charge on any atom is -0.465 e. The number of carbonyl (C=O) groups is 1. The third-order valence-corrected chi connectivity index (χ3v) is 4.53. The number of methoxy groups -OCH3 is 1. The molecule has 0 aliphatic heterocycles. The van der Waals surface area contributed by atoms with Crippen molar-refractivity contribution in [3.05, 3.63) is 47.8 Å². The van der Waals surface area contributed by atoms with Crippen molar-refractivity contribution in [2.45, 2.75) is 17.9 Å². The second-order valence-electron chi connectivity index (χ2n) is 4.36. The maximum absolute atomic E-state index is 12.4. The van der Waals surface area contributed by atoms with Crippen molar-refractivity contribution in [2.75, 3.05) is 7.11 Å². The summed E-state index contributed by atoms with van der Waals surface area (Å²) in [6.07, 6.45) is 3.12. The molecule has 0 spiro atoms. The molecule has 112 valence electrons. The van der Waals surface area contributed by atoms with Crippen molar-refractivity contribution in [3.63, 3.8) is 0 Å². The van der Waals surface area contributed by atoms with Gasteiger partial charge in [-0.05, 0) is 19.1 Å². The zero-order valence-electron chi connectivity index (χ0n) is 11.5. The van der Waals surface area contributed by atoms with Crippen molar-refractivity contribution in [1.82, 2.24) is 14.9 Å². The summed E-state index contributed by atoms with van der Waals surface area (Å²) in [5.74, 6) is -0.702. The van der Waals surface area contributed by atoms with Gasteiger partial charge in [-0.2, -0.15) is 5.10 Å². The number of benzene rings is 1. The third kappa shape index (κ3) is 3.29. The number of esters is 1. The first kappa shape index (κ1) is 15.2. The molecule has 0 aliphatic carbocycles. The van der Waals surface area contributed by atoms with Crippen LogP contribution in [-0.4, -0.2) is 31.7 Å². The molecule has 8 heteroatoms. The first-order chi connectivity index (χ1) is 9.95. The molecule has 2 aromatic rings. The normalized spacial score (nSPS) is 12.9. The quantitative estimate of drug-likeness (QED) is 0.809. The van der Waals surface area contributed by atoms with Crippen LogP contribution in [0.3, 0.4) is 0 Å². The number of nitrogens with one attached hydrogen (secondary N) is 2. The number of carbonyl (C=O) groups excluding carboxylic acids is 1. The van der Waals surface area contributed by atoms with Gasteiger partial charge in [-0.25, -0.2) is 17.9 Å². The fourth-order valence-electron chi connectivity index (χ4n) is 1.84. The molecule has 1 aromatic heterocycles. The second-order valence-corrected chi connectivity index (χ2v) is 6.04. The van der Waals surface area contributed by atoms with Crippen LogP contribution in [0.15, 0.2) is 41.6 Å². The molecule has 0 aliphatic rings. The van der Waals surface area contributed by atoms with Gasteiger partial charge in [-0.3, -0.25) is 5.10 Å². The summed E-state index contributed by atoms with van der Waals surface area (Å²) in [6.45, 7) is 1.68. The van der Waals surface area contributed by atoms with Gasteiger partial charge in [-0.1, -0.05) is 12.1 Å². The number of sulfonamides is 1. The van der Waals surface area contributed by atoms with Gasteiger partial charge in [-0.15, -0.1) is 0 Å². The van der Waals surface area contributed by atoms with E-state index in [-0.39, 0.29) is 10.5 Å². The van der Waals surface area contributed by atoms with Crippen molar-refractivity contribution < 1.29 is 17.9 Å². The van der Waals surface area contributed by atoms with E-state index in [1.165, 1.54) is 25.4 Å². The molecular weight excluding hydrogens is 294 g/mol. The highest BCUT2D eigenvalue weighted by Crippen LogP contribution is 2.19. The second kappa shape index (κ2) is 6.06. The zero-order valence-corrected chi connectivity index (χ0v) is 12.3. The first-order valence-corrected chi connectivity index (χ1v) is 7.62. The maximum Gasteiger partial charge on any atom is 0.339 e. The number of rotatable bonds is 5. The minimum atomic E-state index is -3.86. The van der Waals surface area contributed by atoms with Crippen LogP contribution in [0.4, 0.5) is 0 Å². The number of H-pyrrole nitrogens is 1. The van der Waals surface area contributed by atoms with E-state index in [1.807, 2.05) is 0 Å². The highest BCUT2D eigenvalue weighted by atomic mass is 32.2. The van der Waals surface area contributed by atoms with E-state index in [1.54, 1.807) is 25.3 Å². The Kier molecular flexibility index (Phi) is 4.39. The van der Waals surface area contributed by atoms with Crippen LogP contribution < -0.4 is 4.72 Å². The minimum absolute atomic E-state index is 0.00751. The van der Waals surface area contributed by atoms with Crippen LogP contribution in [-0.2, 0) is 14.8 Å². The Morgan fingerprint density at radius 2 is 2.10 bits per heavy atom. The molecule has 0 radical (unpaired) electrons. The van der Waals surface area contributed by atoms with Crippen molar-refractivity contribution in [2.24, 2.45) is 0 Å². The number of ether oxygens (including phenoxy) is 1. The van der Waals surface area contributed by atoms with Crippen LogP contribution >= 0.6 is 0 Å². The van der Waals surface area contributed by atoms with Crippen molar-refractivity contribution in [3.8, 4) is 0 Å². The Morgan fingerprint density at radius 1 is 1.38 bits per heavy atom. The molecule has 7 nitrogen and oxygen atoms in total. The molecule has 2 N–H and O–H groups in total. The average Bonchev–Trinajstić information content (AvgIpc) is 3.00. The summed E-state index contributed by atoms with van der Waals surface area (Å²) in [4.78, 5) is 11.5. The Hall–Kier alpha value is -2.19. The summed E-state index contributed by atoms with van der Waals surface area (Å²) < 4.78 is 32.0. The van der Waals surface area contributed by atoms with E-state index in [4.69, 9.17) is 0 Å². The maximum atomic E-state index is 12.4. The average molecular weight is 309 g/mol. The molecule has 1 heterocycles. The molecule has 21 heavy (non-hydrogen) atoms. The number of nitrogens with zero attached hydrogens (tertiary/aromatic N) is 1. The molecule has 0 saturated heterocycles. The van der Waals surface area contributed by atoms with Crippen LogP contribution in [0.5, 0.6) is 0 Å². The van der Waals surface area contributed by atoms with Crippen molar-refractivity contribution in [1.29, 1.82) is 0 Å². The Balaban J connectivity index is 2.34. The topological polar surface area (TPSA) is 101 Å². The fraction of sp³-hybridized carbons (Fsp3) is 0.231. The summed E-state index contributed by atoms with van der Waals surface area (Å²) in [6, 6.07) is 5.40. The van der Waals surface area contributed by atoms with Gasteiger partial charge in [0.1, 0.15) is 0 Å². The highest BCUT2D eigenvalue weighted by molar-refractivity contribution is 7.89. The van der Waals surface area contributed by atoms with Crippen LogP contribution in [0.25, 0.3) is 0 Å². The van der Waals surface area contributed by atoms with E-state index >= 15 is 0 Å². The Labute approximate surface area is 122 Å². The number of aromatic amines is 1. The van der Waals surface area contributed by atoms with Crippen molar-refractivity contribution >= 4 is 16.0 Å². The molecule has 0 bridgehead atoms. The van der Waals surface area contributed by atoms with Gasteiger partial charge in [0.15, 0.2) is 0 Å². The van der Waals surface area contributed by atoms with Gasteiger partial charge < -0.3 is 4.74 Å². The Bertz CT molecular complexity index is 726. The fourth-order valence-corrected chi connectivity index (χ4v) is 3.27.